The fourth-order valence-corrected chi connectivity index (χ4v) is 3.64. The van der Waals surface area contributed by atoms with Gasteiger partial charge < -0.3 is 14.4 Å². The average molecular weight is 341 g/mol. The summed E-state index contributed by atoms with van der Waals surface area (Å²) in [5, 5.41) is 0. The Morgan fingerprint density at radius 1 is 1.04 bits per heavy atom. The second-order valence-corrected chi connectivity index (χ2v) is 6.57. The van der Waals surface area contributed by atoms with Crippen LogP contribution in [0.5, 0.6) is 0 Å². The first-order valence-electron chi connectivity index (χ1n) is 8.24. The molecule has 0 bridgehead atoms. The molecule has 124 valence electrons. The second-order valence-electron chi connectivity index (χ2n) is 6.20. The smallest absolute Gasteiger partial charge is 0.225 e. The van der Waals surface area contributed by atoms with Crippen LogP contribution in [0.25, 0.3) is 11.0 Å². The molecule has 24 heavy (non-hydrogen) atoms. The molecule has 7 heteroatoms. The van der Waals surface area contributed by atoms with E-state index < -0.39 is 0 Å². The Labute approximate surface area is 146 Å². The minimum absolute atomic E-state index is 0.832. The highest BCUT2D eigenvalue weighted by Crippen LogP contribution is 2.15. The standard InChI is InChI=1S/C17H20N6S/c1-20-14-5-2-3-6-15(14)23(17(20)24)13-21-9-11-22(12-10-21)16-18-7-4-8-19-16/h2-8H,9-13H2,1H3/p+1. The first-order chi connectivity index (χ1) is 11.7. The van der Waals surface area contributed by atoms with Gasteiger partial charge in [0.2, 0.25) is 5.95 Å². The molecule has 0 amide bonds. The number of nitrogens with one attached hydrogen (secondary N) is 1. The molecule has 3 aromatic rings. The molecular formula is C17H21N6S+. The zero-order valence-electron chi connectivity index (χ0n) is 13.7. The highest BCUT2D eigenvalue weighted by molar-refractivity contribution is 7.71. The van der Waals surface area contributed by atoms with Crippen LogP contribution >= 0.6 is 12.2 Å². The molecule has 1 N–H and O–H groups in total. The SMILES string of the molecule is Cn1c(=S)n(C[NH+]2CCN(c3ncccn3)CC2)c2ccccc21. The summed E-state index contributed by atoms with van der Waals surface area (Å²) < 4.78 is 5.24. The summed E-state index contributed by atoms with van der Waals surface area (Å²) in [6.45, 7) is 4.96. The van der Waals surface area contributed by atoms with Crippen molar-refractivity contribution >= 4 is 29.2 Å². The van der Waals surface area contributed by atoms with Gasteiger partial charge in [0.15, 0.2) is 11.4 Å². The van der Waals surface area contributed by atoms with Gasteiger partial charge in [0.1, 0.15) is 0 Å². The van der Waals surface area contributed by atoms with E-state index in [1.807, 2.05) is 13.1 Å². The van der Waals surface area contributed by atoms with Gasteiger partial charge in [-0.15, -0.1) is 0 Å². The van der Waals surface area contributed by atoms with Gasteiger partial charge in [0.05, 0.1) is 37.2 Å². The van der Waals surface area contributed by atoms with Gasteiger partial charge in [-0.25, -0.2) is 9.97 Å². The molecule has 1 aliphatic heterocycles. The van der Waals surface area contributed by atoms with Crippen molar-refractivity contribution in [1.82, 2.24) is 19.1 Å². The molecule has 0 unspecified atom stereocenters. The average Bonchev–Trinajstić information content (AvgIpc) is 2.88. The van der Waals surface area contributed by atoms with E-state index in [2.05, 4.69) is 48.3 Å². The summed E-state index contributed by atoms with van der Waals surface area (Å²) >= 11 is 5.64. The van der Waals surface area contributed by atoms with Crippen LogP contribution in [0.4, 0.5) is 5.95 Å². The molecule has 0 atom stereocenters. The number of aromatic nitrogens is 4. The Bertz CT molecular complexity index is 892. The number of benzene rings is 1. The summed E-state index contributed by atoms with van der Waals surface area (Å²) in [6.07, 6.45) is 3.61. The van der Waals surface area contributed by atoms with E-state index in [1.54, 1.807) is 12.4 Å². The minimum Gasteiger partial charge on any atom is -0.330 e. The van der Waals surface area contributed by atoms with E-state index in [0.29, 0.717) is 0 Å². The van der Waals surface area contributed by atoms with Crippen molar-refractivity contribution in [3.05, 3.63) is 47.5 Å². The molecule has 6 nitrogen and oxygen atoms in total. The number of piperazine rings is 1. The Balaban J connectivity index is 1.50. The van der Waals surface area contributed by atoms with Crippen LogP contribution in [0.3, 0.4) is 0 Å². The Kier molecular flexibility index (Phi) is 4.03. The molecule has 2 aromatic heterocycles. The number of para-hydroxylation sites is 2. The zero-order valence-corrected chi connectivity index (χ0v) is 14.5. The lowest BCUT2D eigenvalue weighted by Crippen LogP contribution is -3.14. The summed E-state index contributed by atoms with van der Waals surface area (Å²) in [7, 11) is 2.04. The normalized spacial score (nSPS) is 16.0. The van der Waals surface area contributed by atoms with Crippen molar-refractivity contribution in [3.8, 4) is 0 Å². The number of fused-ring (bicyclic) bond motifs is 1. The van der Waals surface area contributed by atoms with E-state index in [-0.39, 0.29) is 0 Å². The van der Waals surface area contributed by atoms with Crippen LogP contribution < -0.4 is 9.80 Å². The van der Waals surface area contributed by atoms with E-state index in [1.165, 1.54) is 15.9 Å². The molecule has 0 radical (unpaired) electrons. The number of imidazole rings is 1. The number of hydrogen-bond donors (Lipinski definition) is 1. The van der Waals surface area contributed by atoms with Crippen LogP contribution in [0.15, 0.2) is 42.7 Å². The lowest BCUT2D eigenvalue weighted by atomic mass is 10.3. The predicted molar refractivity (Wildman–Crippen MR) is 96.7 cm³/mol. The van der Waals surface area contributed by atoms with Crippen molar-refractivity contribution in [3.63, 3.8) is 0 Å². The highest BCUT2D eigenvalue weighted by Gasteiger charge is 2.22. The van der Waals surface area contributed by atoms with Crippen molar-refractivity contribution in [2.45, 2.75) is 6.67 Å². The van der Waals surface area contributed by atoms with Gasteiger partial charge in [-0.1, -0.05) is 12.1 Å². The second kappa shape index (κ2) is 6.33. The zero-order chi connectivity index (χ0) is 16.5. The fourth-order valence-electron chi connectivity index (χ4n) is 3.38. The Hall–Kier alpha value is -2.25. The number of anilines is 1. The molecule has 1 aliphatic rings. The molecule has 0 saturated carbocycles. The third-order valence-electron chi connectivity index (χ3n) is 4.74. The third kappa shape index (κ3) is 2.70. The lowest BCUT2D eigenvalue weighted by molar-refractivity contribution is -0.923. The summed E-state index contributed by atoms with van der Waals surface area (Å²) in [6, 6.07) is 10.3. The molecule has 1 fully saturated rings. The van der Waals surface area contributed by atoms with Crippen LogP contribution in [0.1, 0.15) is 0 Å². The number of rotatable bonds is 3. The van der Waals surface area contributed by atoms with Crippen LogP contribution in [-0.2, 0) is 13.7 Å². The van der Waals surface area contributed by atoms with Crippen LogP contribution in [-0.4, -0.2) is 45.3 Å². The molecule has 3 heterocycles. The van der Waals surface area contributed by atoms with Gasteiger partial charge in [0, 0.05) is 19.4 Å². The molecule has 1 saturated heterocycles. The largest absolute Gasteiger partial charge is 0.330 e. The number of nitrogens with zero attached hydrogens (tertiary/aromatic N) is 5. The summed E-state index contributed by atoms with van der Waals surface area (Å²) in [5.74, 6) is 0.832. The van der Waals surface area contributed by atoms with Gasteiger partial charge >= 0.3 is 0 Å². The molecule has 0 spiro atoms. The molecule has 1 aromatic carbocycles. The monoisotopic (exact) mass is 341 g/mol. The minimum atomic E-state index is 0.832. The maximum Gasteiger partial charge on any atom is 0.225 e. The fraction of sp³-hybridized carbons (Fsp3) is 0.353. The molecular weight excluding hydrogens is 320 g/mol. The Morgan fingerprint density at radius 3 is 2.42 bits per heavy atom. The molecule has 4 rings (SSSR count). The van der Waals surface area contributed by atoms with Gasteiger partial charge in [-0.2, -0.15) is 0 Å². The quantitative estimate of drug-likeness (QED) is 0.718. The maximum absolute atomic E-state index is 5.64. The van der Waals surface area contributed by atoms with E-state index in [4.69, 9.17) is 12.2 Å². The van der Waals surface area contributed by atoms with Crippen LogP contribution in [0, 0.1) is 4.77 Å². The first kappa shape index (κ1) is 15.3. The maximum atomic E-state index is 5.64. The molecule has 0 aliphatic carbocycles. The van der Waals surface area contributed by atoms with Crippen molar-refractivity contribution in [2.24, 2.45) is 7.05 Å². The summed E-state index contributed by atoms with van der Waals surface area (Å²) in [5.41, 5.74) is 2.41. The number of hydrogen-bond acceptors (Lipinski definition) is 4. The van der Waals surface area contributed by atoms with E-state index in [0.717, 1.165) is 43.6 Å². The van der Waals surface area contributed by atoms with Gasteiger partial charge in [0.25, 0.3) is 0 Å². The lowest BCUT2D eigenvalue weighted by Gasteiger charge is -2.32. The topological polar surface area (TPSA) is 43.3 Å². The summed E-state index contributed by atoms with van der Waals surface area (Å²) in [4.78, 5) is 12.5. The number of aryl methyl sites for hydroxylation is 1. The van der Waals surface area contributed by atoms with E-state index in [9.17, 15) is 0 Å². The van der Waals surface area contributed by atoms with Crippen molar-refractivity contribution < 1.29 is 4.90 Å². The van der Waals surface area contributed by atoms with Crippen LogP contribution in [0.2, 0.25) is 0 Å². The third-order valence-corrected chi connectivity index (χ3v) is 5.23. The first-order valence-corrected chi connectivity index (χ1v) is 8.64. The van der Waals surface area contributed by atoms with E-state index >= 15 is 0 Å². The van der Waals surface area contributed by atoms with Crippen molar-refractivity contribution in [2.75, 3.05) is 31.1 Å². The van der Waals surface area contributed by atoms with Gasteiger partial charge in [-0.3, -0.25) is 4.57 Å². The van der Waals surface area contributed by atoms with Crippen molar-refractivity contribution in [1.29, 1.82) is 0 Å². The van der Waals surface area contributed by atoms with Gasteiger partial charge in [-0.05, 0) is 30.4 Å². The predicted octanol–water partition coefficient (Wildman–Crippen LogP) is 0.862. The highest BCUT2D eigenvalue weighted by atomic mass is 32.1. The number of quaternary nitrogens is 1. The Morgan fingerprint density at radius 2 is 1.71 bits per heavy atom.